The second-order valence-corrected chi connectivity index (χ2v) is 6.32. The largest absolute Gasteiger partial charge is 0.495 e. The number of para-hydroxylation sites is 3. The Hall–Kier alpha value is -3.22. The lowest BCUT2D eigenvalue weighted by Crippen LogP contribution is -2.50. The number of carbonyl (C=O) groups is 2. The second-order valence-electron chi connectivity index (χ2n) is 6.32. The van der Waals surface area contributed by atoms with Crippen LogP contribution in [0, 0.1) is 0 Å². The molecule has 1 saturated heterocycles. The molecule has 0 aliphatic carbocycles. The van der Waals surface area contributed by atoms with E-state index in [1.807, 2.05) is 24.3 Å². The summed E-state index contributed by atoms with van der Waals surface area (Å²) in [6, 6.07) is 14.6. The van der Waals surface area contributed by atoms with Gasteiger partial charge in [-0.15, -0.1) is 0 Å². The Morgan fingerprint density at radius 2 is 1.54 bits per heavy atom. The van der Waals surface area contributed by atoms with Gasteiger partial charge in [-0.2, -0.15) is 0 Å². The topological polar surface area (TPSA) is 68.3 Å². The number of esters is 1. The minimum absolute atomic E-state index is 0.112. The minimum atomic E-state index is -0.492. The zero-order valence-electron chi connectivity index (χ0n) is 16.1. The molecule has 1 fully saturated rings. The third-order valence-corrected chi connectivity index (χ3v) is 4.70. The molecule has 7 heteroatoms. The average molecular weight is 384 g/mol. The van der Waals surface area contributed by atoms with E-state index in [2.05, 4.69) is 4.90 Å². The molecule has 148 valence electrons. The number of ether oxygens (including phenoxy) is 3. The molecule has 0 N–H and O–H groups in total. The molecule has 1 aliphatic rings. The van der Waals surface area contributed by atoms with Gasteiger partial charge in [0.05, 0.1) is 19.9 Å². The number of amides is 1. The first-order valence-corrected chi connectivity index (χ1v) is 9.10. The van der Waals surface area contributed by atoms with Gasteiger partial charge in [0.2, 0.25) is 0 Å². The van der Waals surface area contributed by atoms with E-state index in [9.17, 15) is 9.59 Å². The summed E-state index contributed by atoms with van der Waals surface area (Å²) >= 11 is 0. The van der Waals surface area contributed by atoms with E-state index in [4.69, 9.17) is 14.2 Å². The monoisotopic (exact) mass is 384 g/mol. The minimum Gasteiger partial charge on any atom is -0.495 e. The van der Waals surface area contributed by atoms with Crippen LogP contribution in [0.5, 0.6) is 11.5 Å². The van der Waals surface area contributed by atoms with Gasteiger partial charge in [-0.05, 0) is 24.3 Å². The number of hydrogen-bond donors (Lipinski definition) is 0. The molecule has 0 saturated carbocycles. The third-order valence-electron chi connectivity index (χ3n) is 4.70. The molecule has 0 atom stereocenters. The van der Waals surface area contributed by atoms with Crippen molar-refractivity contribution in [3.05, 3.63) is 54.1 Å². The summed E-state index contributed by atoms with van der Waals surface area (Å²) in [7, 11) is 2.97. The molecule has 7 nitrogen and oxygen atoms in total. The Morgan fingerprint density at radius 3 is 2.21 bits per heavy atom. The van der Waals surface area contributed by atoms with Gasteiger partial charge < -0.3 is 24.0 Å². The lowest BCUT2D eigenvalue weighted by Gasteiger charge is -2.36. The van der Waals surface area contributed by atoms with Crippen LogP contribution in [-0.2, 0) is 9.53 Å². The van der Waals surface area contributed by atoms with Gasteiger partial charge in [-0.25, -0.2) is 4.79 Å². The molecule has 1 aliphatic heterocycles. The van der Waals surface area contributed by atoms with Crippen molar-refractivity contribution in [2.75, 3.05) is 51.9 Å². The SMILES string of the molecule is COC(=O)c1ccccc1OCC(=O)N1CCN(c2ccccc2OC)CC1. The molecular weight excluding hydrogens is 360 g/mol. The molecule has 28 heavy (non-hydrogen) atoms. The van der Waals surface area contributed by atoms with Gasteiger partial charge >= 0.3 is 5.97 Å². The Kier molecular flexibility index (Phi) is 6.37. The van der Waals surface area contributed by atoms with Gasteiger partial charge in [-0.3, -0.25) is 4.79 Å². The maximum absolute atomic E-state index is 12.5. The van der Waals surface area contributed by atoms with E-state index in [0.29, 0.717) is 37.5 Å². The first-order chi connectivity index (χ1) is 13.6. The summed E-state index contributed by atoms with van der Waals surface area (Å²) in [5.74, 6) is 0.563. The van der Waals surface area contributed by atoms with Crippen LogP contribution in [0.15, 0.2) is 48.5 Å². The van der Waals surface area contributed by atoms with E-state index < -0.39 is 5.97 Å². The molecule has 3 rings (SSSR count). The highest BCUT2D eigenvalue weighted by molar-refractivity contribution is 5.92. The summed E-state index contributed by atoms with van der Waals surface area (Å²) in [4.78, 5) is 28.3. The van der Waals surface area contributed by atoms with Crippen molar-refractivity contribution in [1.29, 1.82) is 0 Å². The van der Waals surface area contributed by atoms with Crippen LogP contribution in [-0.4, -0.2) is 63.8 Å². The van der Waals surface area contributed by atoms with Gasteiger partial charge in [0.1, 0.15) is 17.1 Å². The van der Waals surface area contributed by atoms with Crippen molar-refractivity contribution in [1.82, 2.24) is 4.90 Å². The first kappa shape index (κ1) is 19.5. The quantitative estimate of drug-likeness (QED) is 0.712. The van der Waals surface area contributed by atoms with Crippen molar-refractivity contribution in [2.24, 2.45) is 0 Å². The number of anilines is 1. The maximum Gasteiger partial charge on any atom is 0.341 e. The van der Waals surface area contributed by atoms with Crippen LogP contribution in [0.4, 0.5) is 5.69 Å². The molecule has 0 aromatic heterocycles. The summed E-state index contributed by atoms with van der Waals surface area (Å²) in [5.41, 5.74) is 1.33. The standard InChI is InChI=1S/C21H24N2O5/c1-26-19-10-6-4-8-17(19)22-11-13-23(14-12-22)20(24)15-28-18-9-5-3-7-16(18)21(25)27-2/h3-10H,11-15H2,1-2H3. The van der Waals surface area contributed by atoms with Crippen molar-refractivity contribution in [3.8, 4) is 11.5 Å². The van der Waals surface area contributed by atoms with Crippen molar-refractivity contribution >= 4 is 17.6 Å². The van der Waals surface area contributed by atoms with Crippen molar-refractivity contribution < 1.29 is 23.8 Å². The number of hydrogen-bond acceptors (Lipinski definition) is 6. The number of piperazine rings is 1. The normalized spacial score (nSPS) is 13.8. The lowest BCUT2D eigenvalue weighted by molar-refractivity contribution is -0.133. The van der Waals surface area contributed by atoms with Crippen molar-refractivity contribution in [2.45, 2.75) is 0 Å². The predicted octanol–water partition coefficient (Wildman–Crippen LogP) is 2.21. The van der Waals surface area contributed by atoms with Crippen LogP contribution in [0.3, 0.4) is 0 Å². The average Bonchev–Trinajstić information content (AvgIpc) is 2.77. The fourth-order valence-electron chi connectivity index (χ4n) is 3.19. The molecule has 0 unspecified atom stereocenters. The number of methoxy groups -OCH3 is 2. The lowest BCUT2D eigenvalue weighted by atomic mass is 10.2. The van der Waals surface area contributed by atoms with E-state index >= 15 is 0 Å². The fourth-order valence-corrected chi connectivity index (χ4v) is 3.19. The number of carbonyl (C=O) groups excluding carboxylic acids is 2. The van der Waals surface area contributed by atoms with Crippen LogP contribution in [0.1, 0.15) is 10.4 Å². The Labute approximate surface area is 164 Å². The number of nitrogens with zero attached hydrogens (tertiary/aromatic N) is 2. The van der Waals surface area contributed by atoms with Crippen LogP contribution < -0.4 is 14.4 Å². The Morgan fingerprint density at radius 1 is 0.893 bits per heavy atom. The van der Waals surface area contributed by atoms with Crippen LogP contribution >= 0.6 is 0 Å². The maximum atomic E-state index is 12.5. The van der Waals surface area contributed by atoms with Crippen LogP contribution in [0.25, 0.3) is 0 Å². The zero-order valence-corrected chi connectivity index (χ0v) is 16.1. The van der Waals surface area contributed by atoms with Gasteiger partial charge in [-0.1, -0.05) is 24.3 Å². The Balaban J connectivity index is 1.56. The second kappa shape index (κ2) is 9.12. The smallest absolute Gasteiger partial charge is 0.341 e. The highest BCUT2D eigenvalue weighted by Gasteiger charge is 2.23. The molecule has 1 amide bonds. The van der Waals surface area contributed by atoms with Gasteiger partial charge in [0.15, 0.2) is 6.61 Å². The number of rotatable bonds is 6. The van der Waals surface area contributed by atoms with Crippen LogP contribution in [0.2, 0.25) is 0 Å². The predicted molar refractivity (Wildman–Crippen MR) is 105 cm³/mol. The van der Waals surface area contributed by atoms with Gasteiger partial charge in [0.25, 0.3) is 5.91 Å². The summed E-state index contributed by atoms with van der Waals surface area (Å²) in [6.45, 7) is 2.50. The molecule has 0 bridgehead atoms. The number of benzene rings is 2. The molecule has 2 aromatic carbocycles. The van der Waals surface area contributed by atoms with Gasteiger partial charge in [0, 0.05) is 26.2 Å². The fraction of sp³-hybridized carbons (Fsp3) is 0.333. The Bertz CT molecular complexity index is 831. The highest BCUT2D eigenvalue weighted by atomic mass is 16.5. The highest BCUT2D eigenvalue weighted by Crippen LogP contribution is 2.28. The zero-order chi connectivity index (χ0) is 19.9. The molecule has 0 spiro atoms. The molecule has 1 heterocycles. The first-order valence-electron chi connectivity index (χ1n) is 9.10. The summed E-state index contributed by atoms with van der Waals surface area (Å²) < 4.78 is 15.8. The van der Waals surface area contributed by atoms with E-state index in [-0.39, 0.29) is 12.5 Å². The molecule has 0 radical (unpaired) electrons. The van der Waals surface area contributed by atoms with Crippen molar-refractivity contribution in [3.63, 3.8) is 0 Å². The summed E-state index contributed by atoms with van der Waals surface area (Å²) in [5, 5.41) is 0. The summed E-state index contributed by atoms with van der Waals surface area (Å²) in [6.07, 6.45) is 0. The molecular formula is C21H24N2O5. The van der Waals surface area contributed by atoms with E-state index in [1.165, 1.54) is 7.11 Å². The third kappa shape index (κ3) is 4.36. The molecule has 2 aromatic rings. The van der Waals surface area contributed by atoms with E-state index in [0.717, 1.165) is 11.4 Å². The van der Waals surface area contributed by atoms with E-state index in [1.54, 1.807) is 36.3 Å².